The normalized spacial score (nSPS) is 18.3. The Balaban J connectivity index is 0.951. The third-order valence-corrected chi connectivity index (χ3v) is 18.0. The molecule has 2 fully saturated rings. The van der Waals surface area contributed by atoms with Crippen LogP contribution in [0.1, 0.15) is 70.7 Å². The number of aromatic nitrogens is 1. The third kappa shape index (κ3) is 11.0. The predicted octanol–water partition coefficient (Wildman–Crippen LogP) is 10.5. The average Bonchev–Trinajstić information content (AvgIpc) is 4.02. The Kier molecular flexibility index (Phi) is 16.1. The molecule has 394 valence electrons. The number of benzene rings is 7. The Bertz CT molecular complexity index is 3260. The summed E-state index contributed by atoms with van der Waals surface area (Å²) in [7, 11) is -1.84. The maximum Gasteiger partial charge on any atom is 0.353 e. The van der Waals surface area contributed by atoms with Crippen molar-refractivity contribution >= 4 is 79.3 Å². The van der Waals surface area contributed by atoms with Gasteiger partial charge in [-0.05, 0) is 52.8 Å². The molecule has 1 aromatic heterocycles. The van der Waals surface area contributed by atoms with Crippen molar-refractivity contribution < 1.29 is 37.7 Å². The van der Waals surface area contributed by atoms with Crippen LogP contribution in [-0.4, -0.2) is 77.3 Å². The molecule has 7 aromatic carbocycles. The maximum atomic E-state index is 14.9. The smallest absolute Gasteiger partial charge is 0.353 e. The lowest BCUT2D eigenvalue weighted by atomic mass is 9.77. The highest BCUT2D eigenvalue weighted by molar-refractivity contribution is 14.1. The van der Waals surface area contributed by atoms with Gasteiger partial charge in [-0.2, -0.15) is 0 Å². The number of amides is 2. The standard InChI is InChI=1S/C62H54IN5O8S2/c1-60(2,57(71)74-52(42-24-10-3-11-25-42)43-26-12-4-13-27-43)76-67-50(49-38-77-59(64-49)66-62(46-32-18-7-19-33-46,47-34-20-8-21-35-47)48-36-22-9-23-37-48)54(69)65-51-55(70)68-40-61(39-63,41-78(73)56(51)68)58(72)75-53(44-28-14-5-15-29-44)45-30-16-6-17-31-45/h3-38,51-53,56H,39-41H2,1-2H3,(H,64,66)(H,65,69)/t51?,56-,61?,78?/m1/s1. The number of fused-ring (bicyclic) bond motifs is 1. The number of nitrogens with one attached hydrogen (secondary N) is 2. The number of halogens is 1. The van der Waals surface area contributed by atoms with E-state index in [1.807, 2.05) is 212 Å². The molecule has 78 heavy (non-hydrogen) atoms. The molecule has 4 atom stereocenters. The number of carbonyl (C=O) groups is 4. The molecular weight excluding hydrogens is 1130 g/mol. The van der Waals surface area contributed by atoms with Gasteiger partial charge in [0, 0.05) is 32.9 Å². The van der Waals surface area contributed by atoms with Crippen molar-refractivity contribution in [2.24, 2.45) is 10.6 Å². The highest BCUT2D eigenvalue weighted by Gasteiger charge is 2.61. The summed E-state index contributed by atoms with van der Waals surface area (Å²) in [6.07, 6.45) is -1.55. The summed E-state index contributed by atoms with van der Waals surface area (Å²) in [6, 6.07) is 65.9. The average molecular weight is 1190 g/mol. The molecule has 2 aliphatic heterocycles. The highest BCUT2D eigenvalue weighted by atomic mass is 127. The van der Waals surface area contributed by atoms with Crippen LogP contribution >= 0.6 is 33.9 Å². The van der Waals surface area contributed by atoms with Gasteiger partial charge in [-0.15, -0.1) is 11.3 Å². The Hall–Kier alpha value is -7.80. The molecule has 2 aliphatic rings. The van der Waals surface area contributed by atoms with Crippen molar-refractivity contribution in [3.63, 3.8) is 0 Å². The summed E-state index contributed by atoms with van der Waals surface area (Å²) in [5.41, 5.74) is 1.35. The van der Waals surface area contributed by atoms with E-state index in [1.54, 1.807) is 5.38 Å². The van der Waals surface area contributed by atoms with E-state index in [0.717, 1.165) is 38.9 Å². The van der Waals surface area contributed by atoms with E-state index in [4.69, 9.17) is 19.3 Å². The number of esters is 2. The van der Waals surface area contributed by atoms with Crippen molar-refractivity contribution in [3.05, 3.63) is 262 Å². The van der Waals surface area contributed by atoms with Gasteiger partial charge in [-0.1, -0.05) is 240 Å². The second kappa shape index (κ2) is 23.4. The molecule has 2 N–H and O–H groups in total. The third-order valence-electron chi connectivity index (χ3n) is 13.9. The molecule has 0 aliphatic carbocycles. The number of β-lactam (4-membered cyclic amide) rings is 1. The lowest BCUT2D eigenvalue weighted by Gasteiger charge is -2.53. The van der Waals surface area contributed by atoms with Crippen LogP contribution in [0.2, 0.25) is 0 Å². The van der Waals surface area contributed by atoms with Crippen molar-refractivity contribution in [2.75, 3.05) is 22.0 Å². The largest absolute Gasteiger partial charge is 0.452 e. The van der Waals surface area contributed by atoms with Crippen LogP contribution < -0.4 is 10.6 Å². The summed E-state index contributed by atoms with van der Waals surface area (Å²) in [6.45, 7) is 2.88. The Morgan fingerprint density at radius 3 is 1.55 bits per heavy atom. The highest BCUT2D eigenvalue weighted by Crippen LogP contribution is 2.43. The number of thiazole rings is 1. The van der Waals surface area contributed by atoms with Gasteiger partial charge in [0.15, 0.2) is 23.1 Å². The van der Waals surface area contributed by atoms with Crippen LogP contribution in [0, 0.1) is 5.41 Å². The van der Waals surface area contributed by atoms with Gasteiger partial charge in [0.05, 0.1) is 0 Å². The number of hydrogen-bond acceptors (Lipinski definition) is 12. The van der Waals surface area contributed by atoms with E-state index in [-0.39, 0.29) is 28.1 Å². The monoisotopic (exact) mass is 1190 g/mol. The molecule has 8 aromatic rings. The van der Waals surface area contributed by atoms with Gasteiger partial charge in [0.1, 0.15) is 28.1 Å². The molecule has 2 amide bonds. The van der Waals surface area contributed by atoms with Crippen molar-refractivity contribution in [1.29, 1.82) is 0 Å². The molecule has 13 nitrogen and oxygen atoms in total. The molecule has 0 radical (unpaired) electrons. The summed E-state index contributed by atoms with van der Waals surface area (Å²) in [5, 5.41) is 12.0. The number of carbonyl (C=O) groups excluding carboxylic acids is 4. The summed E-state index contributed by atoms with van der Waals surface area (Å²) in [5.74, 6) is -2.90. The van der Waals surface area contributed by atoms with E-state index in [9.17, 15) is 23.4 Å². The molecule has 3 unspecified atom stereocenters. The molecule has 2 saturated heterocycles. The fourth-order valence-corrected chi connectivity index (χ4v) is 13.7. The first-order chi connectivity index (χ1) is 37.9. The van der Waals surface area contributed by atoms with Gasteiger partial charge >= 0.3 is 11.9 Å². The fourth-order valence-electron chi connectivity index (χ4n) is 9.75. The quantitative estimate of drug-likeness (QED) is 0.0151. The Labute approximate surface area is 472 Å². The van der Waals surface area contributed by atoms with Crippen LogP contribution in [0.25, 0.3) is 0 Å². The molecule has 10 rings (SSSR count). The van der Waals surface area contributed by atoms with Crippen molar-refractivity contribution in [1.82, 2.24) is 15.2 Å². The Morgan fingerprint density at radius 1 is 0.692 bits per heavy atom. The number of rotatable bonds is 19. The first kappa shape index (κ1) is 53.6. The van der Waals surface area contributed by atoms with E-state index in [2.05, 4.69) is 38.4 Å². The number of alkyl halides is 1. The van der Waals surface area contributed by atoms with Crippen LogP contribution in [-0.2, 0) is 49.8 Å². The summed E-state index contributed by atoms with van der Waals surface area (Å²) in [4.78, 5) is 70.3. The molecule has 0 saturated carbocycles. The Morgan fingerprint density at radius 2 is 1.12 bits per heavy atom. The first-order valence-corrected chi connectivity index (χ1v) is 29.0. The summed E-state index contributed by atoms with van der Waals surface area (Å²) < 4.78 is 27.2. The number of ether oxygens (including phenoxy) is 2. The molecular formula is C62H54IN5O8S2. The number of hydrogen-bond donors (Lipinski definition) is 2. The number of anilines is 1. The van der Waals surface area contributed by atoms with Crippen LogP contribution in [0.4, 0.5) is 5.13 Å². The lowest BCUT2D eigenvalue weighted by molar-refractivity contribution is -0.172. The fraction of sp³-hybridized carbons (Fsp3) is 0.194. The molecule has 0 spiro atoms. The molecule has 16 heteroatoms. The number of nitrogens with zero attached hydrogens (tertiary/aromatic N) is 3. The minimum atomic E-state index is -1.84. The van der Waals surface area contributed by atoms with Crippen molar-refractivity contribution in [3.8, 4) is 0 Å². The van der Waals surface area contributed by atoms with Gasteiger partial charge in [0.25, 0.3) is 5.91 Å². The second-order valence-electron chi connectivity index (χ2n) is 19.5. The second-order valence-corrected chi connectivity index (χ2v) is 22.7. The minimum Gasteiger partial charge on any atom is -0.452 e. The minimum absolute atomic E-state index is 0.0603. The first-order valence-electron chi connectivity index (χ1n) is 25.2. The maximum absolute atomic E-state index is 14.9. The predicted molar refractivity (Wildman–Crippen MR) is 310 cm³/mol. The van der Waals surface area contributed by atoms with Gasteiger partial charge in [-0.3, -0.25) is 18.6 Å². The van der Waals surface area contributed by atoms with Gasteiger partial charge in [-0.25, -0.2) is 9.78 Å². The van der Waals surface area contributed by atoms with E-state index < -0.39 is 74.7 Å². The van der Waals surface area contributed by atoms with E-state index in [0.29, 0.717) is 5.13 Å². The SMILES string of the molecule is CC(C)(ON=C(C(=O)NC1C(=O)N2CC(CI)(C(=O)OC(c3ccccc3)c3ccccc3)CS(=O)[C@H]12)c1csc(NC(c2ccccc2)(c2ccccc2)c2ccccc2)n1)C(=O)OC(c1ccccc1)c1ccccc1. The summed E-state index contributed by atoms with van der Waals surface area (Å²) >= 11 is 3.30. The van der Waals surface area contributed by atoms with Crippen LogP contribution in [0.15, 0.2) is 223 Å². The van der Waals surface area contributed by atoms with Gasteiger partial charge in [0.2, 0.25) is 11.5 Å². The molecule has 0 bridgehead atoms. The van der Waals surface area contributed by atoms with Crippen LogP contribution in [0.3, 0.4) is 0 Å². The number of oxime groups is 1. The topological polar surface area (TPSA) is 166 Å². The van der Waals surface area contributed by atoms with Gasteiger partial charge < -0.3 is 29.8 Å². The molecule has 3 heterocycles. The van der Waals surface area contributed by atoms with E-state index in [1.165, 1.54) is 30.1 Å². The zero-order valence-electron chi connectivity index (χ0n) is 42.5. The van der Waals surface area contributed by atoms with Crippen LogP contribution in [0.5, 0.6) is 0 Å². The van der Waals surface area contributed by atoms with E-state index >= 15 is 0 Å². The zero-order chi connectivity index (χ0) is 54.3. The lowest BCUT2D eigenvalue weighted by Crippen LogP contribution is -2.77. The van der Waals surface area contributed by atoms with Crippen molar-refractivity contribution in [2.45, 2.75) is 48.6 Å². The zero-order valence-corrected chi connectivity index (χ0v) is 46.3.